The van der Waals surface area contributed by atoms with Crippen molar-refractivity contribution in [2.75, 3.05) is 6.54 Å². The lowest BCUT2D eigenvalue weighted by molar-refractivity contribution is -0.146. The summed E-state index contributed by atoms with van der Waals surface area (Å²) < 4.78 is 38.9. The van der Waals surface area contributed by atoms with Gasteiger partial charge in [-0.2, -0.15) is 22.8 Å². The van der Waals surface area contributed by atoms with Gasteiger partial charge in [0.15, 0.2) is 0 Å². The molecule has 5 nitrogen and oxygen atoms in total. The zero-order valence-electron chi connectivity index (χ0n) is 9.89. The van der Waals surface area contributed by atoms with Crippen LogP contribution >= 0.6 is 11.3 Å². The predicted octanol–water partition coefficient (Wildman–Crippen LogP) is 2.05. The van der Waals surface area contributed by atoms with Gasteiger partial charge in [0.1, 0.15) is 5.01 Å². The van der Waals surface area contributed by atoms with E-state index in [2.05, 4.69) is 15.3 Å². The van der Waals surface area contributed by atoms with Gasteiger partial charge in [-0.25, -0.2) is 0 Å². The highest BCUT2D eigenvalue weighted by Crippen LogP contribution is 2.41. The molecule has 19 heavy (non-hydrogen) atoms. The SMILES string of the molecule is NCC1CCCC1c1nn2c(C(F)(F)F)nnc2s1. The number of alkyl halides is 3. The second-order valence-corrected chi connectivity index (χ2v) is 5.68. The van der Waals surface area contributed by atoms with Crippen molar-refractivity contribution >= 4 is 16.3 Å². The zero-order chi connectivity index (χ0) is 13.6. The average molecular weight is 291 g/mol. The first-order valence-electron chi connectivity index (χ1n) is 6.00. The van der Waals surface area contributed by atoms with Gasteiger partial charge in [-0.05, 0) is 25.3 Å². The van der Waals surface area contributed by atoms with Crippen LogP contribution in [-0.4, -0.2) is 26.4 Å². The quantitative estimate of drug-likeness (QED) is 0.919. The summed E-state index contributed by atoms with van der Waals surface area (Å²) >= 11 is 1.17. The molecule has 0 saturated heterocycles. The molecule has 1 saturated carbocycles. The molecular weight excluding hydrogens is 279 g/mol. The number of rotatable bonds is 2. The number of nitrogens with zero attached hydrogens (tertiary/aromatic N) is 4. The van der Waals surface area contributed by atoms with Crippen LogP contribution in [0.15, 0.2) is 0 Å². The number of aromatic nitrogens is 4. The molecule has 0 spiro atoms. The Labute approximate surface area is 110 Å². The van der Waals surface area contributed by atoms with E-state index in [-0.39, 0.29) is 10.9 Å². The number of nitrogens with two attached hydrogens (primary N) is 1. The van der Waals surface area contributed by atoms with Crippen molar-refractivity contribution in [2.45, 2.75) is 31.4 Å². The normalized spacial score (nSPS) is 24.4. The lowest BCUT2D eigenvalue weighted by Crippen LogP contribution is -2.17. The maximum Gasteiger partial charge on any atom is 0.453 e. The molecule has 1 aliphatic carbocycles. The highest BCUT2D eigenvalue weighted by molar-refractivity contribution is 7.16. The second-order valence-electron chi connectivity index (χ2n) is 4.69. The number of fused-ring (bicyclic) bond motifs is 1. The molecule has 0 radical (unpaired) electrons. The first-order chi connectivity index (χ1) is 9.00. The zero-order valence-corrected chi connectivity index (χ0v) is 10.7. The first kappa shape index (κ1) is 12.8. The minimum absolute atomic E-state index is 0.151. The highest BCUT2D eigenvalue weighted by Gasteiger charge is 2.39. The standard InChI is InChI=1S/C10H12F3N5S/c11-10(12,13)8-15-16-9-18(8)17-7(19-9)6-3-1-2-5(6)4-14/h5-6H,1-4,14H2. The van der Waals surface area contributed by atoms with Crippen LogP contribution < -0.4 is 5.73 Å². The Hall–Kier alpha value is -1.22. The summed E-state index contributed by atoms with van der Waals surface area (Å²) in [5, 5.41) is 11.4. The molecule has 3 rings (SSSR count). The van der Waals surface area contributed by atoms with E-state index in [9.17, 15) is 13.2 Å². The van der Waals surface area contributed by atoms with Crippen molar-refractivity contribution in [3.05, 3.63) is 10.8 Å². The summed E-state index contributed by atoms with van der Waals surface area (Å²) in [4.78, 5) is 0.185. The lowest BCUT2D eigenvalue weighted by atomic mass is 9.97. The van der Waals surface area contributed by atoms with Gasteiger partial charge in [-0.1, -0.05) is 17.8 Å². The molecule has 1 aliphatic rings. The van der Waals surface area contributed by atoms with Crippen molar-refractivity contribution in [2.24, 2.45) is 11.7 Å². The van der Waals surface area contributed by atoms with Gasteiger partial charge in [0.05, 0.1) is 0 Å². The Balaban J connectivity index is 2.01. The molecule has 2 aromatic heterocycles. The monoisotopic (exact) mass is 291 g/mol. The molecule has 2 unspecified atom stereocenters. The van der Waals surface area contributed by atoms with Gasteiger partial charge >= 0.3 is 6.18 Å². The van der Waals surface area contributed by atoms with Crippen molar-refractivity contribution in [1.82, 2.24) is 19.8 Å². The molecule has 0 aliphatic heterocycles. The molecule has 0 aromatic carbocycles. The third-order valence-corrected chi connectivity index (χ3v) is 4.57. The van der Waals surface area contributed by atoms with Crippen molar-refractivity contribution in [3.63, 3.8) is 0 Å². The summed E-state index contributed by atoms with van der Waals surface area (Å²) in [5.41, 5.74) is 5.69. The molecule has 0 amide bonds. The van der Waals surface area contributed by atoms with Crippen LogP contribution in [0.5, 0.6) is 0 Å². The second kappa shape index (κ2) is 4.41. The fraction of sp³-hybridized carbons (Fsp3) is 0.700. The van der Waals surface area contributed by atoms with Crippen LogP contribution in [0.1, 0.15) is 36.0 Å². The first-order valence-corrected chi connectivity index (χ1v) is 6.81. The Morgan fingerprint density at radius 2 is 2.11 bits per heavy atom. The molecule has 2 atom stereocenters. The Morgan fingerprint density at radius 1 is 1.32 bits per heavy atom. The Bertz CT molecular complexity index is 590. The fourth-order valence-electron chi connectivity index (χ4n) is 2.60. The maximum absolute atomic E-state index is 12.7. The van der Waals surface area contributed by atoms with E-state index < -0.39 is 12.0 Å². The molecule has 104 valence electrons. The van der Waals surface area contributed by atoms with Gasteiger partial charge < -0.3 is 5.73 Å². The van der Waals surface area contributed by atoms with Gasteiger partial charge in [0.25, 0.3) is 5.82 Å². The van der Waals surface area contributed by atoms with E-state index >= 15 is 0 Å². The molecule has 2 heterocycles. The molecule has 0 bridgehead atoms. The van der Waals surface area contributed by atoms with E-state index in [0.717, 1.165) is 23.8 Å². The van der Waals surface area contributed by atoms with Crippen LogP contribution in [0.4, 0.5) is 13.2 Å². The molecular formula is C10H12F3N5S. The minimum atomic E-state index is -4.53. The van der Waals surface area contributed by atoms with E-state index in [4.69, 9.17) is 5.73 Å². The van der Waals surface area contributed by atoms with Gasteiger partial charge in [-0.15, -0.1) is 10.2 Å². The Morgan fingerprint density at radius 3 is 2.79 bits per heavy atom. The molecule has 9 heteroatoms. The van der Waals surface area contributed by atoms with Crippen LogP contribution in [0.3, 0.4) is 0 Å². The van der Waals surface area contributed by atoms with Crippen molar-refractivity contribution < 1.29 is 13.2 Å². The summed E-state index contributed by atoms with van der Waals surface area (Å²) in [6.07, 6.45) is -1.56. The lowest BCUT2D eigenvalue weighted by Gasteiger charge is -2.13. The fourth-order valence-corrected chi connectivity index (χ4v) is 3.67. The molecule has 1 fully saturated rings. The largest absolute Gasteiger partial charge is 0.453 e. The van der Waals surface area contributed by atoms with Crippen molar-refractivity contribution in [3.8, 4) is 0 Å². The van der Waals surface area contributed by atoms with E-state index in [0.29, 0.717) is 17.5 Å². The van der Waals surface area contributed by atoms with Gasteiger partial charge in [-0.3, -0.25) is 0 Å². The van der Waals surface area contributed by atoms with Crippen LogP contribution in [0.2, 0.25) is 0 Å². The van der Waals surface area contributed by atoms with Crippen LogP contribution in [0.25, 0.3) is 4.96 Å². The topological polar surface area (TPSA) is 69.1 Å². The number of halogens is 3. The predicted molar refractivity (Wildman–Crippen MR) is 62.8 cm³/mol. The third-order valence-electron chi connectivity index (χ3n) is 3.54. The van der Waals surface area contributed by atoms with Gasteiger partial charge in [0, 0.05) is 5.92 Å². The van der Waals surface area contributed by atoms with E-state index in [1.807, 2.05) is 0 Å². The van der Waals surface area contributed by atoms with Crippen LogP contribution in [0, 0.1) is 5.92 Å². The minimum Gasteiger partial charge on any atom is -0.330 e. The summed E-state index contributed by atoms with van der Waals surface area (Å²) in [6.45, 7) is 0.539. The van der Waals surface area contributed by atoms with E-state index in [1.54, 1.807) is 0 Å². The van der Waals surface area contributed by atoms with Crippen molar-refractivity contribution in [1.29, 1.82) is 0 Å². The average Bonchev–Trinajstić information content (AvgIpc) is 3.00. The van der Waals surface area contributed by atoms with Gasteiger partial charge in [0.2, 0.25) is 4.96 Å². The van der Waals surface area contributed by atoms with E-state index in [1.165, 1.54) is 11.3 Å². The maximum atomic E-state index is 12.7. The highest BCUT2D eigenvalue weighted by atomic mass is 32.1. The molecule has 2 N–H and O–H groups in total. The number of hydrogen-bond acceptors (Lipinski definition) is 5. The Kier molecular flexibility index (Phi) is 2.97. The summed E-state index contributed by atoms with van der Waals surface area (Å²) in [5.74, 6) is -0.608. The summed E-state index contributed by atoms with van der Waals surface area (Å²) in [7, 11) is 0. The smallest absolute Gasteiger partial charge is 0.330 e. The van der Waals surface area contributed by atoms with Crippen LogP contribution in [-0.2, 0) is 6.18 Å². The third kappa shape index (κ3) is 2.10. The number of hydrogen-bond donors (Lipinski definition) is 1. The molecule has 2 aromatic rings. The summed E-state index contributed by atoms with van der Waals surface area (Å²) in [6, 6.07) is 0.